The second-order valence-corrected chi connectivity index (χ2v) is 12.9. The topological polar surface area (TPSA) is 121 Å². The van der Waals surface area contributed by atoms with Gasteiger partial charge in [0.05, 0.1) is 43.3 Å². The van der Waals surface area contributed by atoms with Crippen LogP contribution in [-0.2, 0) is 14.3 Å². The van der Waals surface area contributed by atoms with Gasteiger partial charge in [0.15, 0.2) is 0 Å². The van der Waals surface area contributed by atoms with Crippen molar-refractivity contribution < 1.29 is 27.2 Å². The van der Waals surface area contributed by atoms with Crippen LogP contribution in [0.1, 0.15) is 31.7 Å². The SMILES string of the molecule is Brc1cncc(OCCCOc2cncc(Br)c2)c1.CCCCOS(=O)(=O)c1ccc(C)cc1.Oc1cncc(Br)c1. The zero-order valence-corrected chi connectivity index (χ0v) is 28.7. The number of hydrogen-bond acceptors (Lipinski definition) is 9. The molecule has 4 aromatic rings. The molecule has 0 aliphatic carbocycles. The van der Waals surface area contributed by atoms with Gasteiger partial charge in [-0.15, -0.1) is 0 Å². The van der Waals surface area contributed by atoms with Gasteiger partial charge in [0.2, 0.25) is 0 Å². The molecule has 42 heavy (non-hydrogen) atoms. The molecule has 0 atom stereocenters. The summed E-state index contributed by atoms with van der Waals surface area (Å²) in [6.45, 7) is 5.32. The fraction of sp³-hybridized carbons (Fsp3) is 0.276. The molecule has 226 valence electrons. The van der Waals surface area contributed by atoms with Gasteiger partial charge in [0.1, 0.15) is 17.2 Å². The van der Waals surface area contributed by atoms with E-state index in [0.29, 0.717) is 13.2 Å². The van der Waals surface area contributed by atoms with Crippen LogP contribution >= 0.6 is 47.8 Å². The molecule has 3 heterocycles. The summed E-state index contributed by atoms with van der Waals surface area (Å²) in [7, 11) is -3.55. The van der Waals surface area contributed by atoms with Crippen LogP contribution in [0.4, 0.5) is 0 Å². The molecule has 13 heteroatoms. The number of rotatable bonds is 11. The van der Waals surface area contributed by atoms with E-state index in [1.807, 2.05) is 26.0 Å². The largest absolute Gasteiger partial charge is 0.506 e. The highest BCUT2D eigenvalue weighted by molar-refractivity contribution is 9.11. The van der Waals surface area contributed by atoms with Crippen molar-refractivity contribution in [2.24, 2.45) is 0 Å². The normalized spacial score (nSPS) is 10.5. The van der Waals surface area contributed by atoms with Crippen LogP contribution in [0.15, 0.2) is 98.0 Å². The van der Waals surface area contributed by atoms with Crippen LogP contribution in [0, 0.1) is 6.92 Å². The van der Waals surface area contributed by atoms with Crippen LogP contribution in [0.25, 0.3) is 0 Å². The highest BCUT2D eigenvalue weighted by atomic mass is 79.9. The van der Waals surface area contributed by atoms with E-state index in [1.165, 1.54) is 6.20 Å². The van der Waals surface area contributed by atoms with Gasteiger partial charge in [-0.05, 0) is 91.5 Å². The van der Waals surface area contributed by atoms with E-state index in [1.54, 1.807) is 61.3 Å². The standard InChI is InChI=1S/C13H12Br2N2O2.C11H16O3S.C5H4BrNO/c14-10-4-12(8-16-6-10)18-2-1-3-19-13-5-11(15)7-17-9-13;1-3-4-9-14-15(12,13)11-7-5-10(2)6-8-11;6-4-1-5(8)3-7-2-4/h4-9H,1-3H2;5-8H,3-4,9H2,1-2H3;1-3,8H. The Balaban J connectivity index is 0.000000238. The lowest BCUT2D eigenvalue weighted by Gasteiger charge is -2.07. The van der Waals surface area contributed by atoms with Crippen LogP contribution in [0.5, 0.6) is 17.2 Å². The van der Waals surface area contributed by atoms with Gasteiger partial charge in [-0.1, -0.05) is 31.0 Å². The third-order valence-electron chi connectivity index (χ3n) is 4.92. The quantitative estimate of drug-likeness (QED) is 0.119. The number of aryl methyl sites for hydroxylation is 1. The molecule has 0 aliphatic heterocycles. The highest BCUT2D eigenvalue weighted by Gasteiger charge is 2.13. The molecule has 0 fully saturated rings. The monoisotopic (exact) mass is 787 g/mol. The molecule has 0 saturated heterocycles. The number of pyridine rings is 3. The summed E-state index contributed by atoms with van der Waals surface area (Å²) < 4.78 is 41.8. The highest BCUT2D eigenvalue weighted by Crippen LogP contribution is 2.18. The molecule has 1 aromatic carbocycles. The van der Waals surface area contributed by atoms with E-state index in [0.717, 1.165) is 49.7 Å². The minimum Gasteiger partial charge on any atom is -0.506 e. The number of halogens is 3. The van der Waals surface area contributed by atoms with Crippen LogP contribution < -0.4 is 9.47 Å². The third-order valence-corrected chi connectivity index (χ3v) is 7.55. The first-order valence-electron chi connectivity index (χ1n) is 12.8. The lowest BCUT2D eigenvalue weighted by atomic mass is 10.2. The Morgan fingerprint density at radius 1 is 0.714 bits per heavy atom. The molecule has 0 unspecified atom stereocenters. The summed E-state index contributed by atoms with van der Waals surface area (Å²) in [5, 5.41) is 8.72. The predicted molar refractivity (Wildman–Crippen MR) is 172 cm³/mol. The molecule has 3 aromatic heterocycles. The van der Waals surface area contributed by atoms with E-state index >= 15 is 0 Å². The second kappa shape index (κ2) is 19.6. The van der Waals surface area contributed by atoms with E-state index < -0.39 is 10.1 Å². The number of benzene rings is 1. The molecule has 0 bridgehead atoms. The smallest absolute Gasteiger partial charge is 0.296 e. The Hall–Kier alpha value is -2.58. The molecule has 0 spiro atoms. The summed E-state index contributed by atoms with van der Waals surface area (Å²) in [5.74, 6) is 1.68. The fourth-order valence-electron chi connectivity index (χ4n) is 2.87. The van der Waals surface area contributed by atoms with Crippen molar-refractivity contribution in [1.82, 2.24) is 15.0 Å². The summed E-state index contributed by atoms with van der Waals surface area (Å²) in [6.07, 6.45) is 12.3. The van der Waals surface area contributed by atoms with Crippen LogP contribution in [0.2, 0.25) is 0 Å². The molecule has 4 rings (SSSR count). The molecule has 0 saturated carbocycles. The van der Waals surface area contributed by atoms with Gasteiger partial charge in [-0.3, -0.25) is 19.1 Å². The molecule has 0 radical (unpaired) electrons. The Morgan fingerprint density at radius 2 is 1.21 bits per heavy atom. The molecule has 0 aliphatic rings. The van der Waals surface area contributed by atoms with E-state index in [9.17, 15) is 8.42 Å². The third kappa shape index (κ3) is 15.1. The summed E-state index contributed by atoms with van der Waals surface area (Å²) in [5.41, 5.74) is 1.03. The van der Waals surface area contributed by atoms with Crippen molar-refractivity contribution in [1.29, 1.82) is 0 Å². The van der Waals surface area contributed by atoms with Gasteiger partial charge >= 0.3 is 0 Å². The van der Waals surface area contributed by atoms with E-state index in [4.69, 9.17) is 18.8 Å². The number of aromatic nitrogens is 3. The van der Waals surface area contributed by atoms with Crippen molar-refractivity contribution >= 4 is 57.9 Å². The maximum atomic E-state index is 11.6. The molecule has 0 amide bonds. The van der Waals surface area contributed by atoms with Gasteiger partial charge in [0.25, 0.3) is 10.1 Å². The molecule has 9 nitrogen and oxygen atoms in total. The second-order valence-electron chi connectivity index (χ2n) is 8.53. The fourth-order valence-corrected chi connectivity index (χ4v) is 4.85. The van der Waals surface area contributed by atoms with Crippen molar-refractivity contribution in [3.05, 3.63) is 98.6 Å². The lowest BCUT2D eigenvalue weighted by Crippen LogP contribution is -2.07. The minimum absolute atomic E-state index is 0.180. The Bertz CT molecular complexity index is 1400. The van der Waals surface area contributed by atoms with Gasteiger partial charge < -0.3 is 14.6 Å². The summed E-state index contributed by atoms with van der Waals surface area (Å²) in [4.78, 5) is 12.0. The zero-order chi connectivity index (χ0) is 30.8. The maximum Gasteiger partial charge on any atom is 0.296 e. The number of aromatic hydroxyl groups is 1. The van der Waals surface area contributed by atoms with Gasteiger partial charge in [0, 0.05) is 38.4 Å². The van der Waals surface area contributed by atoms with Crippen molar-refractivity contribution in [2.45, 2.75) is 38.0 Å². The average Bonchev–Trinajstić information content (AvgIpc) is 2.94. The Labute approximate surface area is 272 Å². The van der Waals surface area contributed by atoms with E-state index in [-0.39, 0.29) is 17.3 Å². The Morgan fingerprint density at radius 3 is 1.64 bits per heavy atom. The van der Waals surface area contributed by atoms with Crippen LogP contribution in [-0.4, -0.2) is 48.3 Å². The van der Waals surface area contributed by atoms with Gasteiger partial charge in [-0.2, -0.15) is 8.42 Å². The van der Waals surface area contributed by atoms with Crippen molar-refractivity contribution in [3.8, 4) is 17.2 Å². The summed E-state index contributed by atoms with van der Waals surface area (Å²) >= 11 is 9.83. The van der Waals surface area contributed by atoms with Crippen molar-refractivity contribution in [2.75, 3.05) is 19.8 Å². The number of nitrogens with zero attached hydrogens (tertiary/aromatic N) is 3. The lowest BCUT2D eigenvalue weighted by molar-refractivity contribution is 0.246. The van der Waals surface area contributed by atoms with E-state index in [2.05, 4.69) is 62.7 Å². The molecular weight excluding hydrogens is 758 g/mol. The average molecular weight is 790 g/mol. The molecule has 1 N–H and O–H groups in total. The first kappa shape index (κ1) is 35.6. The number of unbranched alkanes of at least 4 members (excludes halogenated alkanes) is 1. The van der Waals surface area contributed by atoms with Crippen molar-refractivity contribution in [3.63, 3.8) is 0 Å². The maximum absolute atomic E-state index is 11.6. The summed E-state index contributed by atoms with van der Waals surface area (Å²) in [6, 6.07) is 12.0. The Kier molecular flexibility index (Phi) is 16.6. The first-order chi connectivity index (χ1) is 20.1. The van der Waals surface area contributed by atoms with Crippen LogP contribution in [0.3, 0.4) is 0 Å². The molecular formula is C29H32Br3N3O6S. The predicted octanol–water partition coefficient (Wildman–Crippen LogP) is 7.90. The number of hydrogen-bond donors (Lipinski definition) is 1. The number of ether oxygens (including phenoxy) is 2. The van der Waals surface area contributed by atoms with Gasteiger partial charge in [-0.25, -0.2) is 0 Å². The minimum atomic E-state index is -3.55. The zero-order valence-electron chi connectivity index (χ0n) is 23.1. The first-order valence-corrected chi connectivity index (χ1v) is 16.6.